The summed E-state index contributed by atoms with van der Waals surface area (Å²) in [7, 11) is 1.54. The maximum Gasteiger partial charge on any atom is 0.239 e. The van der Waals surface area contributed by atoms with Gasteiger partial charge in [0.2, 0.25) is 23.6 Å². The summed E-state index contributed by atoms with van der Waals surface area (Å²) in [6.07, 6.45) is 1.61. The first-order valence-corrected chi connectivity index (χ1v) is 7.74. The second-order valence-electron chi connectivity index (χ2n) is 5.86. The highest BCUT2D eigenvalue weighted by Crippen LogP contribution is 2.37. The molecule has 0 spiro atoms. The number of amides is 2. The van der Waals surface area contributed by atoms with Crippen LogP contribution in [0.15, 0.2) is 42.6 Å². The van der Waals surface area contributed by atoms with Gasteiger partial charge < -0.3 is 9.64 Å². The third-order valence-corrected chi connectivity index (χ3v) is 4.52. The number of hydrogen-bond donors (Lipinski definition) is 0. The number of para-hydroxylation sites is 1. The number of hydrogen-bond acceptors (Lipinski definition) is 6. The van der Waals surface area contributed by atoms with E-state index < -0.39 is 0 Å². The van der Waals surface area contributed by atoms with E-state index >= 15 is 0 Å². The van der Waals surface area contributed by atoms with Crippen molar-refractivity contribution in [2.45, 2.75) is 0 Å². The zero-order valence-corrected chi connectivity index (χ0v) is 13.1. The van der Waals surface area contributed by atoms with Crippen LogP contribution >= 0.6 is 0 Å². The Balaban J connectivity index is 1.58. The molecule has 2 unspecified atom stereocenters. The number of aromatic nitrogens is 2. The van der Waals surface area contributed by atoms with E-state index in [1.807, 2.05) is 23.1 Å². The molecular weight excluding hydrogens is 308 g/mol. The summed E-state index contributed by atoms with van der Waals surface area (Å²) in [6.45, 7) is 0.873. The predicted octanol–water partition coefficient (Wildman–Crippen LogP) is 1.11. The van der Waals surface area contributed by atoms with Crippen molar-refractivity contribution in [2.24, 2.45) is 11.8 Å². The van der Waals surface area contributed by atoms with Crippen LogP contribution in [0.1, 0.15) is 0 Å². The van der Waals surface area contributed by atoms with Crippen molar-refractivity contribution >= 4 is 23.5 Å². The Labute approximate surface area is 138 Å². The van der Waals surface area contributed by atoms with E-state index in [9.17, 15) is 9.59 Å². The van der Waals surface area contributed by atoms with E-state index in [4.69, 9.17) is 4.74 Å². The Kier molecular flexibility index (Phi) is 3.41. The van der Waals surface area contributed by atoms with Gasteiger partial charge in [-0.25, -0.2) is 9.88 Å². The van der Waals surface area contributed by atoms with Crippen LogP contribution in [0.3, 0.4) is 0 Å². The van der Waals surface area contributed by atoms with Gasteiger partial charge in [0.05, 0.1) is 24.6 Å². The van der Waals surface area contributed by atoms with Crippen LogP contribution in [-0.4, -0.2) is 42.0 Å². The van der Waals surface area contributed by atoms with Crippen LogP contribution in [-0.2, 0) is 9.59 Å². The molecule has 24 heavy (non-hydrogen) atoms. The Morgan fingerprint density at radius 2 is 1.71 bits per heavy atom. The van der Waals surface area contributed by atoms with E-state index in [2.05, 4.69) is 9.97 Å². The lowest BCUT2D eigenvalue weighted by molar-refractivity contribution is -0.122. The van der Waals surface area contributed by atoms with Gasteiger partial charge in [-0.1, -0.05) is 18.2 Å². The lowest BCUT2D eigenvalue weighted by Gasteiger charge is -2.20. The van der Waals surface area contributed by atoms with E-state index in [-0.39, 0.29) is 23.7 Å². The fourth-order valence-electron chi connectivity index (χ4n) is 3.34. The fourth-order valence-corrected chi connectivity index (χ4v) is 3.34. The number of imide groups is 1. The molecule has 2 fully saturated rings. The second-order valence-corrected chi connectivity index (χ2v) is 5.86. The Morgan fingerprint density at radius 3 is 2.33 bits per heavy atom. The maximum absolute atomic E-state index is 12.7. The minimum Gasteiger partial charge on any atom is -0.481 e. The molecule has 0 aliphatic carbocycles. The summed E-state index contributed by atoms with van der Waals surface area (Å²) in [5, 5.41) is 0. The topological polar surface area (TPSA) is 75.6 Å². The predicted molar refractivity (Wildman–Crippen MR) is 86.7 cm³/mol. The van der Waals surface area contributed by atoms with Crippen LogP contribution in [0.5, 0.6) is 5.88 Å². The van der Waals surface area contributed by atoms with Crippen LogP contribution in [0.25, 0.3) is 0 Å². The van der Waals surface area contributed by atoms with E-state index in [0.29, 0.717) is 30.6 Å². The summed E-state index contributed by atoms with van der Waals surface area (Å²) >= 11 is 0. The van der Waals surface area contributed by atoms with Crippen molar-refractivity contribution in [1.82, 2.24) is 9.97 Å². The van der Waals surface area contributed by atoms with Crippen molar-refractivity contribution in [1.29, 1.82) is 0 Å². The molecule has 2 saturated heterocycles. The molecule has 2 amide bonds. The molecule has 0 radical (unpaired) electrons. The summed E-state index contributed by atoms with van der Waals surface area (Å²) in [5.74, 6) is -0.0700. The zero-order valence-electron chi connectivity index (χ0n) is 13.1. The minimum absolute atomic E-state index is 0.151. The fraction of sp³-hybridized carbons (Fsp3) is 0.294. The molecule has 0 N–H and O–H groups in total. The number of anilines is 2. The van der Waals surface area contributed by atoms with E-state index in [1.54, 1.807) is 24.4 Å². The highest BCUT2D eigenvalue weighted by Gasteiger charge is 2.53. The van der Waals surface area contributed by atoms with Gasteiger partial charge in [0, 0.05) is 25.4 Å². The average molecular weight is 324 g/mol. The molecule has 4 rings (SSSR count). The van der Waals surface area contributed by atoms with Crippen molar-refractivity contribution in [2.75, 3.05) is 30.0 Å². The van der Waals surface area contributed by atoms with Crippen molar-refractivity contribution < 1.29 is 14.3 Å². The highest BCUT2D eigenvalue weighted by molar-refractivity contribution is 6.22. The molecule has 2 aliphatic rings. The molecule has 0 saturated carbocycles. The number of carbonyl (C=O) groups excluding carboxylic acids is 2. The maximum atomic E-state index is 12.7. The number of carbonyl (C=O) groups is 2. The van der Waals surface area contributed by atoms with Crippen molar-refractivity contribution in [3.8, 4) is 5.88 Å². The van der Waals surface area contributed by atoms with Gasteiger partial charge in [-0.2, -0.15) is 4.98 Å². The number of rotatable bonds is 3. The lowest BCUT2D eigenvalue weighted by Crippen LogP contribution is -2.36. The largest absolute Gasteiger partial charge is 0.481 e. The molecule has 7 nitrogen and oxygen atoms in total. The van der Waals surface area contributed by atoms with Gasteiger partial charge in [-0.05, 0) is 12.1 Å². The Morgan fingerprint density at radius 1 is 1.04 bits per heavy atom. The minimum atomic E-state index is -0.354. The Bertz CT molecular complexity index is 771. The van der Waals surface area contributed by atoms with Crippen molar-refractivity contribution in [3.05, 3.63) is 42.6 Å². The number of benzene rings is 1. The van der Waals surface area contributed by atoms with Crippen LogP contribution in [0.4, 0.5) is 11.6 Å². The first-order chi connectivity index (χ1) is 11.7. The normalized spacial score (nSPS) is 22.9. The summed E-state index contributed by atoms with van der Waals surface area (Å²) in [4.78, 5) is 37.1. The molecular formula is C17H16N4O3. The number of ether oxygens (including phenoxy) is 1. The van der Waals surface area contributed by atoms with Gasteiger partial charge >= 0.3 is 0 Å². The third kappa shape index (κ3) is 2.20. The van der Waals surface area contributed by atoms with Crippen LogP contribution < -0.4 is 14.5 Å². The third-order valence-electron chi connectivity index (χ3n) is 4.52. The van der Waals surface area contributed by atoms with Gasteiger partial charge in [0.15, 0.2) is 0 Å². The van der Waals surface area contributed by atoms with Crippen molar-refractivity contribution in [3.63, 3.8) is 0 Å². The number of nitrogens with zero attached hydrogens (tertiary/aromatic N) is 4. The molecule has 2 aromatic rings. The summed E-state index contributed by atoms with van der Waals surface area (Å²) in [5.41, 5.74) is 0.631. The molecule has 2 atom stereocenters. The zero-order chi connectivity index (χ0) is 16.7. The van der Waals surface area contributed by atoms with Gasteiger partial charge in [0.1, 0.15) is 0 Å². The van der Waals surface area contributed by atoms with E-state index in [0.717, 1.165) is 0 Å². The molecule has 3 heterocycles. The van der Waals surface area contributed by atoms with Crippen LogP contribution in [0.2, 0.25) is 0 Å². The number of fused-ring (bicyclic) bond motifs is 1. The molecule has 7 heteroatoms. The van der Waals surface area contributed by atoms with Gasteiger partial charge in [0.25, 0.3) is 0 Å². The molecule has 1 aromatic heterocycles. The SMILES string of the molecule is COc1ccnc(N2CC3C(=O)N(c4ccccc4)C(=O)C3C2)n1. The second kappa shape index (κ2) is 5.59. The molecule has 0 bridgehead atoms. The highest BCUT2D eigenvalue weighted by atomic mass is 16.5. The van der Waals surface area contributed by atoms with Crippen LogP contribution in [0, 0.1) is 11.8 Å². The number of methoxy groups -OCH3 is 1. The first-order valence-electron chi connectivity index (χ1n) is 7.74. The van der Waals surface area contributed by atoms with E-state index in [1.165, 1.54) is 12.0 Å². The monoisotopic (exact) mass is 324 g/mol. The first kappa shape index (κ1) is 14.6. The smallest absolute Gasteiger partial charge is 0.239 e. The molecule has 2 aliphatic heterocycles. The molecule has 1 aromatic carbocycles. The lowest BCUT2D eigenvalue weighted by atomic mass is 10.00. The molecule has 122 valence electrons. The van der Waals surface area contributed by atoms with Gasteiger partial charge in [-0.15, -0.1) is 0 Å². The van der Waals surface area contributed by atoms with Gasteiger partial charge in [-0.3, -0.25) is 9.59 Å². The standard InChI is InChI=1S/C17H16N4O3/c1-24-14-7-8-18-17(19-14)20-9-12-13(10-20)16(23)21(15(12)22)11-5-3-2-4-6-11/h2-8,12-13H,9-10H2,1H3. The summed E-state index contributed by atoms with van der Waals surface area (Å²) in [6, 6.07) is 10.7. The summed E-state index contributed by atoms with van der Waals surface area (Å²) < 4.78 is 5.11. The quantitative estimate of drug-likeness (QED) is 0.787. The average Bonchev–Trinajstić information content (AvgIpc) is 3.16. The Hall–Kier alpha value is -2.96.